The van der Waals surface area contributed by atoms with Gasteiger partial charge in [-0.05, 0) is 43.4 Å². The van der Waals surface area contributed by atoms with Crippen LogP contribution in [-0.2, 0) is 13.0 Å². The molecule has 3 unspecified atom stereocenters. The van der Waals surface area contributed by atoms with Crippen molar-refractivity contribution in [3.8, 4) is 0 Å². The van der Waals surface area contributed by atoms with Crippen LogP contribution in [0.2, 0.25) is 0 Å². The maximum absolute atomic E-state index is 4.29. The van der Waals surface area contributed by atoms with Gasteiger partial charge in [-0.3, -0.25) is 0 Å². The molecular formula is C13H21N3. The third kappa shape index (κ3) is 1.76. The quantitative estimate of drug-likeness (QED) is 0.779. The fourth-order valence-electron chi connectivity index (χ4n) is 3.73. The molecule has 16 heavy (non-hydrogen) atoms. The zero-order valence-corrected chi connectivity index (χ0v) is 10.1. The first-order valence-corrected chi connectivity index (χ1v) is 6.73. The van der Waals surface area contributed by atoms with Gasteiger partial charge in [0.1, 0.15) is 12.2 Å². The van der Waals surface area contributed by atoms with Crippen LogP contribution in [0, 0.1) is 17.8 Å². The van der Waals surface area contributed by atoms with E-state index in [1.54, 1.807) is 0 Å². The molecule has 3 atom stereocenters. The van der Waals surface area contributed by atoms with Crippen molar-refractivity contribution in [3.05, 3.63) is 12.2 Å². The molecule has 0 spiro atoms. The summed E-state index contributed by atoms with van der Waals surface area (Å²) in [5.74, 6) is 4.16. The van der Waals surface area contributed by atoms with Crippen molar-refractivity contribution < 1.29 is 0 Å². The van der Waals surface area contributed by atoms with Crippen LogP contribution in [0.1, 0.15) is 44.9 Å². The average Bonchev–Trinajstić information content (AvgIpc) is 2.96. The van der Waals surface area contributed by atoms with Crippen LogP contribution >= 0.6 is 0 Å². The first-order chi connectivity index (χ1) is 7.86. The SMILES string of the molecule is CCCn1cnnc1CC1CC2CCC1C2. The molecule has 0 aromatic carbocycles. The highest BCUT2D eigenvalue weighted by molar-refractivity contribution is 4.96. The van der Waals surface area contributed by atoms with E-state index in [1.807, 2.05) is 6.33 Å². The lowest BCUT2D eigenvalue weighted by Crippen LogP contribution is -2.16. The van der Waals surface area contributed by atoms with Gasteiger partial charge in [0.25, 0.3) is 0 Å². The number of fused-ring (bicyclic) bond motifs is 2. The molecule has 2 aliphatic rings. The molecule has 88 valence electrons. The number of hydrogen-bond donors (Lipinski definition) is 0. The van der Waals surface area contributed by atoms with Gasteiger partial charge in [-0.1, -0.05) is 13.3 Å². The number of aromatic nitrogens is 3. The lowest BCUT2D eigenvalue weighted by molar-refractivity contribution is 0.323. The standard InChI is InChI=1S/C13H21N3/c1-2-5-16-9-14-15-13(16)8-12-7-10-3-4-11(12)6-10/h9-12H,2-8H2,1H3. The predicted molar refractivity (Wildman–Crippen MR) is 63.0 cm³/mol. The van der Waals surface area contributed by atoms with E-state index < -0.39 is 0 Å². The molecule has 3 rings (SSSR count). The molecule has 0 N–H and O–H groups in total. The molecule has 2 bridgehead atoms. The average molecular weight is 219 g/mol. The molecule has 2 aliphatic carbocycles. The predicted octanol–water partition coefficient (Wildman–Crippen LogP) is 2.67. The minimum absolute atomic E-state index is 0.901. The van der Waals surface area contributed by atoms with Crippen LogP contribution in [0.25, 0.3) is 0 Å². The number of nitrogens with zero attached hydrogens (tertiary/aromatic N) is 3. The highest BCUT2D eigenvalue weighted by Gasteiger charge is 2.39. The van der Waals surface area contributed by atoms with Crippen molar-refractivity contribution in [2.75, 3.05) is 0 Å². The van der Waals surface area contributed by atoms with E-state index >= 15 is 0 Å². The van der Waals surface area contributed by atoms with Gasteiger partial charge in [0.05, 0.1) is 0 Å². The fraction of sp³-hybridized carbons (Fsp3) is 0.846. The van der Waals surface area contributed by atoms with Gasteiger partial charge in [0.15, 0.2) is 0 Å². The summed E-state index contributed by atoms with van der Waals surface area (Å²) in [6.45, 7) is 3.28. The molecule has 1 heterocycles. The van der Waals surface area contributed by atoms with E-state index in [1.165, 1.54) is 44.3 Å². The van der Waals surface area contributed by atoms with E-state index in [-0.39, 0.29) is 0 Å². The van der Waals surface area contributed by atoms with Crippen molar-refractivity contribution in [3.63, 3.8) is 0 Å². The summed E-state index contributed by atoms with van der Waals surface area (Å²) in [4.78, 5) is 0. The smallest absolute Gasteiger partial charge is 0.133 e. The van der Waals surface area contributed by atoms with Gasteiger partial charge in [-0.2, -0.15) is 0 Å². The monoisotopic (exact) mass is 219 g/mol. The third-order valence-corrected chi connectivity index (χ3v) is 4.49. The second-order valence-electron chi connectivity index (χ2n) is 5.58. The van der Waals surface area contributed by atoms with Crippen LogP contribution in [0.4, 0.5) is 0 Å². The molecule has 0 aliphatic heterocycles. The zero-order valence-electron chi connectivity index (χ0n) is 10.1. The molecule has 3 nitrogen and oxygen atoms in total. The Labute approximate surface area is 97.3 Å². The van der Waals surface area contributed by atoms with Crippen molar-refractivity contribution in [1.29, 1.82) is 0 Å². The Morgan fingerprint density at radius 3 is 3.00 bits per heavy atom. The summed E-state index contributed by atoms with van der Waals surface area (Å²) in [7, 11) is 0. The largest absolute Gasteiger partial charge is 0.318 e. The summed E-state index contributed by atoms with van der Waals surface area (Å²) in [6, 6.07) is 0. The molecule has 3 heteroatoms. The van der Waals surface area contributed by atoms with Gasteiger partial charge in [0, 0.05) is 13.0 Å². The highest BCUT2D eigenvalue weighted by atomic mass is 15.3. The number of hydrogen-bond acceptors (Lipinski definition) is 2. The molecule has 0 saturated heterocycles. The van der Waals surface area contributed by atoms with Crippen LogP contribution in [-0.4, -0.2) is 14.8 Å². The van der Waals surface area contributed by atoms with Gasteiger partial charge in [0.2, 0.25) is 0 Å². The highest BCUT2D eigenvalue weighted by Crippen LogP contribution is 2.49. The van der Waals surface area contributed by atoms with E-state index in [0.717, 1.165) is 24.3 Å². The Kier molecular flexibility index (Phi) is 2.70. The minimum atomic E-state index is 0.901. The first-order valence-electron chi connectivity index (χ1n) is 6.73. The topological polar surface area (TPSA) is 30.7 Å². The maximum atomic E-state index is 4.29. The van der Waals surface area contributed by atoms with Crippen LogP contribution in [0.15, 0.2) is 6.33 Å². The van der Waals surface area contributed by atoms with E-state index in [2.05, 4.69) is 21.7 Å². The van der Waals surface area contributed by atoms with Gasteiger partial charge in [-0.25, -0.2) is 0 Å². The molecule has 0 radical (unpaired) electrons. The minimum Gasteiger partial charge on any atom is -0.318 e. The molecule has 2 fully saturated rings. The second kappa shape index (κ2) is 4.19. The molecular weight excluding hydrogens is 198 g/mol. The van der Waals surface area contributed by atoms with Crippen molar-refractivity contribution in [1.82, 2.24) is 14.8 Å². The summed E-state index contributed by atoms with van der Waals surface area (Å²) < 4.78 is 2.24. The Morgan fingerprint density at radius 1 is 1.38 bits per heavy atom. The summed E-state index contributed by atoms with van der Waals surface area (Å²) in [6.07, 6.45) is 10.1. The normalized spacial score (nSPS) is 32.4. The van der Waals surface area contributed by atoms with E-state index in [9.17, 15) is 0 Å². The summed E-state index contributed by atoms with van der Waals surface area (Å²) in [5, 5.41) is 8.35. The summed E-state index contributed by atoms with van der Waals surface area (Å²) >= 11 is 0. The molecule has 0 amide bonds. The lowest BCUT2D eigenvalue weighted by Gasteiger charge is -2.21. The molecule has 1 aromatic rings. The second-order valence-corrected chi connectivity index (χ2v) is 5.58. The van der Waals surface area contributed by atoms with Gasteiger partial charge < -0.3 is 4.57 Å². The molecule has 1 aromatic heterocycles. The Hall–Kier alpha value is -0.860. The Morgan fingerprint density at radius 2 is 2.31 bits per heavy atom. The van der Waals surface area contributed by atoms with E-state index in [4.69, 9.17) is 0 Å². The van der Waals surface area contributed by atoms with Crippen LogP contribution in [0.3, 0.4) is 0 Å². The lowest BCUT2D eigenvalue weighted by atomic mass is 9.86. The molecule has 2 saturated carbocycles. The number of aryl methyl sites for hydroxylation is 1. The van der Waals surface area contributed by atoms with Crippen molar-refractivity contribution in [2.24, 2.45) is 17.8 Å². The maximum Gasteiger partial charge on any atom is 0.133 e. The number of rotatable bonds is 4. The van der Waals surface area contributed by atoms with Crippen molar-refractivity contribution >= 4 is 0 Å². The Bertz CT molecular complexity index is 358. The zero-order chi connectivity index (χ0) is 11.0. The van der Waals surface area contributed by atoms with Crippen LogP contribution < -0.4 is 0 Å². The van der Waals surface area contributed by atoms with Crippen LogP contribution in [0.5, 0.6) is 0 Å². The van der Waals surface area contributed by atoms with E-state index in [0.29, 0.717) is 0 Å². The van der Waals surface area contributed by atoms with Gasteiger partial charge >= 0.3 is 0 Å². The Balaban J connectivity index is 1.67. The summed E-state index contributed by atoms with van der Waals surface area (Å²) in [5.41, 5.74) is 0. The first kappa shape index (κ1) is 10.3. The van der Waals surface area contributed by atoms with Crippen molar-refractivity contribution in [2.45, 2.75) is 52.0 Å². The fourth-order valence-corrected chi connectivity index (χ4v) is 3.73. The van der Waals surface area contributed by atoms with Gasteiger partial charge in [-0.15, -0.1) is 10.2 Å². The third-order valence-electron chi connectivity index (χ3n) is 4.49.